The van der Waals surface area contributed by atoms with Gasteiger partial charge in [0.2, 0.25) is 0 Å². The summed E-state index contributed by atoms with van der Waals surface area (Å²) in [6.07, 6.45) is 2.52. The zero-order valence-corrected chi connectivity index (χ0v) is 13.1. The molecule has 5 nitrogen and oxygen atoms in total. The molecule has 0 aliphatic carbocycles. The molecule has 6 heteroatoms. The van der Waals surface area contributed by atoms with Crippen molar-refractivity contribution in [3.63, 3.8) is 0 Å². The predicted molar refractivity (Wildman–Crippen MR) is 81.5 cm³/mol. The number of para-hydroxylation sites is 1. The van der Waals surface area contributed by atoms with Crippen molar-refractivity contribution in [1.29, 1.82) is 0 Å². The number of piperidine rings is 1. The summed E-state index contributed by atoms with van der Waals surface area (Å²) in [5.41, 5.74) is 1.15. The van der Waals surface area contributed by atoms with E-state index in [4.69, 9.17) is 4.74 Å². The van der Waals surface area contributed by atoms with Gasteiger partial charge in [-0.05, 0) is 30.4 Å². The lowest BCUT2D eigenvalue weighted by molar-refractivity contribution is 0.232. The van der Waals surface area contributed by atoms with E-state index in [2.05, 4.69) is 11.6 Å². The lowest BCUT2D eigenvalue weighted by Crippen LogP contribution is -2.47. The summed E-state index contributed by atoms with van der Waals surface area (Å²) >= 11 is 0. The minimum absolute atomic E-state index is 0.110. The lowest BCUT2D eigenvalue weighted by Gasteiger charge is -2.29. The van der Waals surface area contributed by atoms with E-state index >= 15 is 0 Å². The van der Waals surface area contributed by atoms with E-state index in [0.29, 0.717) is 25.6 Å². The Morgan fingerprint density at radius 1 is 1.29 bits per heavy atom. The summed E-state index contributed by atoms with van der Waals surface area (Å²) in [6, 6.07) is 7.86. The fourth-order valence-corrected chi connectivity index (χ4v) is 4.15. The second-order valence-corrected chi connectivity index (χ2v) is 7.74. The third-order valence-corrected chi connectivity index (χ3v) is 5.87. The van der Waals surface area contributed by atoms with Gasteiger partial charge in [0, 0.05) is 26.1 Å². The third-order valence-electron chi connectivity index (χ3n) is 4.29. The first-order chi connectivity index (χ1) is 10.0. The monoisotopic (exact) mass is 310 g/mol. The van der Waals surface area contributed by atoms with Gasteiger partial charge in [0.1, 0.15) is 11.9 Å². The summed E-state index contributed by atoms with van der Waals surface area (Å²) in [6.45, 7) is 3.72. The Hall–Kier alpha value is -1.11. The van der Waals surface area contributed by atoms with Crippen LogP contribution < -0.4 is 9.46 Å². The van der Waals surface area contributed by atoms with E-state index in [1.807, 2.05) is 24.3 Å². The Morgan fingerprint density at radius 3 is 2.71 bits per heavy atom. The fourth-order valence-electron chi connectivity index (χ4n) is 2.88. The highest BCUT2D eigenvalue weighted by molar-refractivity contribution is 7.87. The van der Waals surface area contributed by atoms with Crippen LogP contribution in [0.15, 0.2) is 24.3 Å². The second kappa shape index (κ2) is 5.94. The number of nitrogens with zero attached hydrogens (tertiary/aromatic N) is 1. The molecule has 2 aliphatic heterocycles. The highest BCUT2D eigenvalue weighted by Gasteiger charge is 2.29. The normalized spacial score (nSPS) is 23.8. The van der Waals surface area contributed by atoms with Gasteiger partial charge in [-0.25, -0.2) is 0 Å². The summed E-state index contributed by atoms with van der Waals surface area (Å²) in [5.74, 6) is 1.48. The molecule has 3 rings (SSSR count). The van der Waals surface area contributed by atoms with Crippen LogP contribution in [-0.4, -0.2) is 38.5 Å². The molecule has 0 bridgehead atoms. The van der Waals surface area contributed by atoms with Crippen molar-refractivity contribution in [3.05, 3.63) is 29.8 Å². The van der Waals surface area contributed by atoms with Crippen molar-refractivity contribution < 1.29 is 13.2 Å². The second-order valence-electron chi connectivity index (χ2n) is 5.99. The van der Waals surface area contributed by atoms with Crippen molar-refractivity contribution in [2.75, 3.05) is 19.6 Å². The molecule has 0 spiro atoms. The molecule has 2 aliphatic rings. The largest absolute Gasteiger partial charge is 0.488 e. The predicted octanol–water partition coefficient (Wildman–Crippen LogP) is 1.56. The molecule has 2 heterocycles. The molecule has 0 unspecified atom stereocenters. The summed E-state index contributed by atoms with van der Waals surface area (Å²) in [4.78, 5) is 0. The average Bonchev–Trinajstić information content (AvgIpc) is 2.89. The van der Waals surface area contributed by atoms with Crippen LogP contribution in [0.4, 0.5) is 0 Å². The zero-order chi connectivity index (χ0) is 14.9. The topological polar surface area (TPSA) is 58.6 Å². The molecule has 1 saturated heterocycles. The van der Waals surface area contributed by atoms with Gasteiger partial charge in [-0.2, -0.15) is 17.4 Å². The van der Waals surface area contributed by atoms with Crippen LogP contribution in [-0.2, 0) is 16.6 Å². The van der Waals surface area contributed by atoms with Crippen molar-refractivity contribution in [3.8, 4) is 5.75 Å². The van der Waals surface area contributed by atoms with Crippen LogP contribution in [0.1, 0.15) is 25.3 Å². The molecular weight excluding hydrogens is 288 g/mol. The number of nitrogens with one attached hydrogen (secondary N) is 1. The highest BCUT2D eigenvalue weighted by atomic mass is 32.2. The Balaban J connectivity index is 1.54. The molecule has 1 atom stereocenters. The minimum atomic E-state index is -3.38. The molecule has 0 radical (unpaired) electrons. The van der Waals surface area contributed by atoms with Gasteiger partial charge >= 0.3 is 0 Å². The molecule has 1 fully saturated rings. The smallest absolute Gasteiger partial charge is 0.279 e. The molecule has 1 aromatic rings. The molecular formula is C15H22N2O3S. The Kier molecular flexibility index (Phi) is 4.19. The molecule has 21 heavy (non-hydrogen) atoms. The summed E-state index contributed by atoms with van der Waals surface area (Å²) < 4.78 is 34.6. The highest BCUT2D eigenvalue weighted by Crippen LogP contribution is 2.28. The van der Waals surface area contributed by atoms with Crippen molar-refractivity contribution in [2.24, 2.45) is 5.92 Å². The number of rotatable bonds is 4. The fraction of sp³-hybridized carbons (Fsp3) is 0.600. The van der Waals surface area contributed by atoms with Gasteiger partial charge in [0.25, 0.3) is 10.2 Å². The van der Waals surface area contributed by atoms with Gasteiger partial charge in [-0.1, -0.05) is 25.1 Å². The molecule has 1 aromatic carbocycles. The van der Waals surface area contributed by atoms with Gasteiger partial charge in [-0.3, -0.25) is 0 Å². The van der Waals surface area contributed by atoms with Crippen LogP contribution in [0.3, 0.4) is 0 Å². The van der Waals surface area contributed by atoms with E-state index < -0.39 is 10.2 Å². The van der Waals surface area contributed by atoms with E-state index in [0.717, 1.165) is 30.6 Å². The zero-order valence-electron chi connectivity index (χ0n) is 12.3. The van der Waals surface area contributed by atoms with Crippen molar-refractivity contribution in [1.82, 2.24) is 9.03 Å². The third kappa shape index (κ3) is 3.39. The maximum Gasteiger partial charge on any atom is 0.279 e. The molecule has 0 aromatic heterocycles. The molecule has 0 saturated carbocycles. The van der Waals surface area contributed by atoms with Crippen LogP contribution in [0.2, 0.25) is 0 Å². The van der Waals surface area contributed by atoms with Gasteiger partial charge in [-0.15, -0.1) is 0 Å². The molecule has 1 N–H and O–H groups in total. The van der Waals surface area contributed by atoms with E-state index in [1.165, 1.54) is 0 Å². The van der Waals surface area contributed by atoms with Gasteiger partial charge in [0.05, 0.1) is 0 Å². The van der Waals surface area contributed by atoms with E-state index in [-0.39, 0.29) is 6.10 Å². The van der Waals surface area contributed by atoms with Gasteiger partial charge in [0.15, 0.2) is 0 Å². The molecule has 0 amide bonds. The van der Waals surface area contributed by atoms with Gasteiger partial charge < -0.3 is 4.74 Å². The first kappa shape index (κ1) is 14.8. The Bertz CT molecular complexity index is 570. The van der Waals surface area contributed by atoms with Crippen molar-refractivity contribution >= 4 is 10.2 Å². The quantitative estimate of drug-likeness (QED) is 0.918. The molecule has 116 valence electrons. The SMILES string of the molecule is CC1CCN(S(=O)(=O)NC[C@H]2Cc3ccccc3O2)CC1. The standard InChI is InChI=1S/C15H22N2O3S/c1-12-6-8-17(9-7-12)21(18,19)16-11-14-10-13-4-2-3-5-15(13)20-14/h2-5,12,14,16H,6-11H2,1H3/t14-/m1/s1. The Morgan fingerprint density at radius 2 is 2.00 bits per heavy atom. The van der Waals surface area contributed by atoms with E-state index in [1.54, 1.807) is 4.31 Å². The van der Waals surface area contributed by atoms with Crippen LogP contribution in [0.5, 0.6) is 5.75 Å². The minimum Gasteiger partial charge on any atom is -0.488 e. The van der Waals surface area contributed by atoms with Crippen LogP contribution >= 0.6 is 0 Å². The van der Waals surface area contributed by atoms with Crippen molar-refractivity contribution in [2.45, 2.75) is 32.3 Å². The maximum atomic E-state index is 12.3. The number of hydrogen-bond acceptors (Lipinski definition) is 3. The summed E-state index contributed by atoms with van der Waals surface area (Å²) in [5, 5.41) is 0. The average molecular weight is 310 g/mol. The van der Waals surface area contributed by atoms with Crippen LogP contribution in [0.25, 0.3) is 0 Å². The number of ether oxygens (including phenoxy) is 1. The Labute approximate surface area is 126 Å². The number of fused-ring (bicyclic) bond motifs is 1. The number of benzene rings is 1. The maximum absolute atomic E-state index is 12.3. The first-order valence-electron chi connectivity index (χ1n) is 7.54. The van der Waals surface area contributed by atoms with Crippen LogP contribution in [0, 0.1) is 5.92 Å². The van der Waals surface area contributed by atoms with E-state index in [9.17, 15) is 8.42 Å². The lowest BCUT2D eigenvalue weighted by atomic mass is 10.0. The first-order valence-corrected chi connectivity index (χ1v) is 8.98. The summed E-state index contributed by atoms with van der Waals surface area (Å²) in [7, 11) is -3.38. The number of hydrogen-bond donors (Lipinski definition) is 1.